The summed E-state index contributed by atoms with van der Waals surface area (Å²) >= 11 is 0. The fourth-order valence-corrected chi connectivity index (χ4v) is 1.50. The SMILES string of the molecule is Cc1ccc(N)c(NC(=O)Nc2ccncc2)c1. The summed E-state index contributed by atoms with van der Waals surface area (Å²) in [5, 5.41) is 5.40. The van der Waals surface area contributed by atoms with Crippen LogP contribution >= 0.6 is 0 Å². The van der Waals surface area contributed by atoms with E-state index in [2.05, 4.69) is 15.6 Å². The van der Waals surface area contributed by atoms with E-state index < -0.39 is 0 Å². The number of nitrogens with one attached hydrogen (secondary N) is 2. The van der Waals surface area contributed by atoms with Crippen LogP contribution in [0.15, 0.2) is 42.7 Å². The average molecular weight is 242 g/mol. The molecule has 0 bridgehead atoms. The molecule has 1 aromatic heterocycles. The van der Waals surface area contributed by atoms with Gasteiger partial charge in [-0.15, -0.1) is 0 Å². The Bertz CT molecular complexity index is 554. The molecule has 0 aliphatic heterocycles. The van der Waals surface area contributed by atoms with Gasteiger partial charge in [-0.05, 0) is 36.8 Å². The number of rotatable bonds is 2. The molecular formula is C13H14N4O. The van der Waals surface area contributed by atoms with Crippen LogP contribution < -0.4 is 16.4 Å². The molecule has 2 amide bonds. The van der Waals surface area contributed by atoms with Crippen molar-refractivity contribution in [1.29, 1.82) is 0 Å². The number of amides is 2. The van der Waals surface area contributed by atoms with Gasteiger partial charge in [-0.25, -0.2) is 4.79 Å². The van der Waals surface area contributed by atoms with E-state index >= 15 is 0 Å². The van der Waals surface area contributed by atoms with Crippen LogP contribution in [0.2, 0.25) is 0 Å². The highest BCUT2D eigenvalue weighted by atomic mass is 16.2. The van der Waals surface area contributed by atoms with Crippen LogP contribution in [0, 0.1) is 6.92 Å². The van der Waals surface area contributed by atoms with Crippen LogP contribution in [0.1, 0.15) is 5.56 Å². The minimum Gasteiger partial charge on any atom is -0.397 e. The molecule has 2 rings (SSSR count). The zero-order valence-corrected chi connectivity index (χ0v) is 9.97. The van der Waals surface area contributed by atoms with Crippen molar-refractivity contribution in [2.75, 3.05) is 16.4 Å². The van der Waals surface area contributed by atoms with Gasteiger partial charge < -0.3 is 16.4 Å². The first-order chi connectivity index (χ1) is 8.65. The second kappa shape index (κ2) is 5.18. The number of carbonyl (C=O) groups excluding carboxylic acids is 1. The van der Waals surface area contributed by atoms with Crippen LogP contribution in [-0.4, -0.2) is 11.0 Å². The monoisotopic (exact) mass is 242 g/mol. The number of pyridine rings is 1. The van der Waals surface area contributed by atoms with Crippen molar-refractivity contribution >= 4 is 23.1 Å². The average Bonchev–Trinajstić information content (AvgIpc) is 2.35. The normalized spacial score (nSPS) is 9.83. The van der Waals surface area contributed by atoms with Crippen molar-refractivity contribution in [1.82, 2.24) is 4.98 Å². The lowest BCUT2D eigenvalue weighted by atomic mass is 10.2. The third-order valence-corrected chi connectivity index (χ3v) is 2.40. The van der Waals surface area contributed by atoms with Gasteiger partial charge in [0.15, 0.2) is 0 Å². The number of aryl methyl sites for hydroxylation is 1. The molecule has 4 N–H and O–H groups in total. The first-order valence-corrected chi connectivity index (χ1v) is 5.49. The maximum atomic E-state index is 11.7. The Hall–Kier alpha value is -2.56. The highest BCUT2D eigenvalue weighted by molar-refractivity contribution is 6.01. The van der Waals surface area contributed by atoms with E-state index in [9.17, 15) is 4.79 Å². The van der Waals surface area contributed by atoms with E-state index in [0.717, 1.165) is 5.56 Å². The molecule has 0 fully saturated rings. The molecule has 0 spiro atoms. The lowest BCUT2D eigenvalue weighted by Crippen LogP contribution is -2.20. The van der Waals surface area contributed by atoms with E-state index in [1.54, 1.807) is 30.6 Å². The molecule has 18 heavy (non-hydrogen) atoms. The van der Waals surface area contributed by atoms with Gasteiger partial charge in [0.1, 0.15) is 0 Å². The molecule has 0 aliphatic rings. The van der Waals surface area contributed by atoms with E-state index in [1.165, 1.54) is 0 Å². The Morgan fingerprint density at radius 2 is 1.89 bits per heavy atom. The Morgan fingerprint density at radius 3 is 2.61 bits per heavy atom. The number of nitrogens with zero attached hydrogens (tertiary/aromatic N) is 1. The summed E-state index contributed by atoms with van der Waals surface area (Å²) in [4.78, 5) is 15.6. The van der Waals surface area contributed by atoms with Crippen molar-refractivity contribution in [3.63, 3.8) is 0 Å². The predicted molar refractivity (Wildman–Crippen MR) is 72.5 cm³/mol. The number of anilines is 3. The van der Waals surface area contributed by atoms with Crippen LogP contribution in [0.25, 0.3) is 0 Å². The number of benzene rings is 1. The van der Waals surface area contributed by atoms with Crippen molar-refractivity contribution < 1.29 is 4.79 Å². The Balaban J connectivity index is 2.05. The number of nitrogen functional groups attached to an aromatic ring is 1. The summed E-state index contributed by atoms with van der Waals surface area (Å²) in [7, 11) is 0. The largest absolute Gasteiger partial charge is 0.397 e. The molecule has 0 aliphatic carbocycles. The van der Waals surface area contributed by atoms with Gasteiger partial charge in [0.05, 0.1) is 11.4 Å². The maximum absolute atomic E-state index is 11.7. The molecule has 1 aromatic carbocycles. The first-order valence-electron chi connectivity index (χ1n) is 5.49. The lowest BCUT2D eigenvalue weighted by molar-refractivity contribution is 0.262. The molecule has 2 aromatic rings. The molecule has 92 valence electrons. The van der Waals surface area contributed by atoms with E-state index in [0.29, 0.717) is 17.1 Å². The van der Waals surface area contributed by atoms with Gasteiger partial charge >= 0.3 is 6.03 Å². The first kappa shape index (κ1) is 11.9. The van der Waals surface area contributed by atoms with Gasteiger partial charge in [-0.3, -0.25) is 4.98 Å². The molecular weight excluding hydrogens is 228 g/mol. The number of carbonyl (C=O) groups is 1. The smallest absolute Gasteiger partial charge is 0.323 e. The predicted octanol–water partition coefficient (Wildman–Crippen LogP) is 2.62. The van der Waals surface area contributed by atoms with Gasteiger partial charge in [-0.1, -0.05) is 6.07 Å². The van der Waals surface area contributed by atoms with Crippen molar-refractivity contribution in [3.05, 3.63) is 48.3 Å². The summed E-state index contributed by atoms with van der Waals surface area (Å²) in [6.07, 6.45) is 3.22. The van der Waals surface area contributed by atoms with Gasteiger partial charge in [0, 0.05) is 18.1 Å². The minimum atomic E-state index is -0.335. The van der Waals surface area contributed by atoms with Crippen molar-refractivity contribution in [2.45, 2.75) is 6.92 Å². The van der Waals surface area contributed by atoms with Crippen LogP contribution in [0.3, 0.4) is 0 Å². The lowest BCUT2D eigenvalue weighted by Gasteiger charge is -2.10. The summed E-state index contributed by atoms with van der Waals surface area (Å²) in [5.41, 5.74) is 8.62. The maximum Gasteiger partial charge on any atom is 0.323 e. The highest BCUT2D eigenvalue weighted by Gasteiger charge is 2.05. The van der Waals surface area contributed by atoms with Crippen molar-refractivity contribution in [3.8, 4) is 0 Å². The van der Waals surface area contributed by atoms with Gasteiger partial charge in [0.2, 0.25) is 0 Å². The fraction of sp³-hybridized carbons (Fsp3) is 0.0769. The standard InChI is InChI=1S/C13H14N4O/c1-9-2-3-11(14)12(8-9)17-13(18)16-10-4-6-15-7-5-10/h2-8H,14H2,1H3,(H2,15,16,17,18). The second-order valence-electron chi connectivity index (χ2n) is 3.91. The van der Waals surface area contributed by atoms with Gasteiger partial charge in [0.25, 0.3) is 0 Å². The quantitative estimate of drug-likeness (QED) is 0.708. The molecule has 0 atom stereocenters. The summed E-state index contributed by atoms with van der Waals surface area (Å²) in [6.45, 7) is 1.94. The molecule has 0 saturated heterocycles. The van der Waals surface area contributed by atoms with Crippen LogP contribution in [-0.2, 0) is 0 Å². The molecule has 0 unspecified atom stereocenters. The number of urea groups is 1. The fourth-order valence-electron chi connectivity index (χ4n) is 1.50. The molecule has 0 radical (unpaired) electrons. The molecule has 0 saturated carbocycles. The van der Waals surface area contributed by atoms with Crippen molar-refractivity contribution in [2.24, 2.45) is 0 Å². The summed E-state index contributed by atoms with van der Waals surface area (Å²) < 4.78 is 0. The van der Waals surface area contributed by atoms with Crippen LogP contribution in [0.5, 0.6) is 0 Å². The van der Waals surface area contributed by atoms with E-state index in [4.69, 9.17) is 5.73 Å². The Labute approximate surface area is 105 Å². The summed E-state index contributed by atoms with van der Waals surface area (Å²) in [6, 6.07) is 8.55. The highest BCUT2D eigenvalue weighted by Crippen LogP contribution is 2.19. The Morgan fingerprint density at radius 1 is 1.17 bits per heavy atom. The van der Waals surface area contributed by atoms with E-state index in [1.807, 2.05) is 19.1 Å². The summed E-state index contributed by atoms with van der Waals surface area (Å²) in [5.74, 6) is 0. The van der Waals surface area contributed by atoms with E-state index in [-0.39, 0.29) is 6.03 Å². The second-order valence-corrected chi connectivity index (χ2v) is 3.91. The number of nitrogens with two attached hydrogens (primary N) is 1. The third-order valence-electron chi connectivity index (χ3n) is 2.40. The zero-order chi connectivity index (χ0) is 13.0. The molecule has 5 nitrogen and oxygen atoms in total. The number of hydrogen-bond acceptors (Lipinski definition) is 3. The molecule has 5 heteroatoms. The third kappa shape index (κ3) is 2.98. The van der Waals surface area contributed by atoms with Gasteiger partial charge in [-0.2, -0.15) is 0 Å². The minimum absolute atomic E-state index is 0.335. The zero-order valence-electron chi connectivity index (χ0n) is 9.97. The number of hydrogen-bond donors (Lipinski definition) is 3. The molecule has 1 heterocycles. The number of aromatic nitrogens is 1. The topological polar surface area (TPSA) is 80.0 Å². The van der Waals surface area contributed by atoms with Crippen LogP contribution in [0.4, 0.5) is 21.9 Å². The Kier molecular flexibility index (Phi) is 3.43.